The van der Waals surface area contributed by atoms with Crippen LogP contribution in [-0.4, -0.2) is 33.9 Å². The molecule has 2 saturated carbocycles. The van der Waals surface area contributed by atoms with Gasteiger partial charge in [0.15, 0.2) is 0 Å². The molecule has 0 aromatic carbocycles. The molecule has 92 valence electrons. The van der Waals surface area contributed by atoms with Crippen LogP contribution in [0, 0.1) is 0 Å². The van der Waals surface area contributed by atoms with Crippen LogP contribution < -0.4 is 5.32 Å². The zero-order chi connectivity index (χ0) is 11.6. The molecule has 0 bridgehead atoms. The predicted octanol–water partition coefficient (Wildman–Crippen LogP) is 0.711. The monoisotopic (exact) mass is 227 g/mol. The highest BCUT2D eigenvalue weighted by Gasteiger charge is 2.40. The van der Waals surface area contributed by atoms with Crippen LogP contribution in [0.25, 0.3) is 0 Å². The molecule has 0 unspecified atom stereocenters. The molecule has 0 spiro atoms. The van der Waals surface area contributed by atoms with Gasteiger partial charge in [-0.2, -0.15) is 0 Å². The topological polar surface area (TPSA) is 69.6 Å². The maximum absolute atomic E-state index is 11.9. The van der Waals surface area contributed by atoms with E-state index in [0.717, 1.165) is 38.5 Å². The van der Waals surface area contributed by atoms with E-state index in [0.29, 0.717) is 12.8 Å². The third kappa shape index (κ3) is 2.38. The Kier molecular flexibility index (Phi) is 3.50. The molecular formula is C12H21NO3. The van der Waals surface area contributed by atoms with Gasteiger partial charge >= 0.3 is 0 Å². The minimum absolute atomic E-state index is 0.161. The van der Waals surface area contributed by atoms with E-state index in [2.05, 4.69) is 5.32 Å². The minimum Gasteiger partial charge on any atom is -0.391 e. The molecule has 0 radical (unpaired) electrons. The van der Waals surface area contributed by atoms with E-state index in [9.17, 15) is 15.0 Å². The predicted molar refractivity (Wildman–Crippen MR) is 59.8 cm³/mol. The second-order valence-corrected chi connectivity index (χ2v) is 5.17. The van der Waals surface area contributed by atoms with Crippen molar-refractivity contribution >= 4 is 5.91 Å². The van der Waals surface area contributed by atoms with Gasteiger partial charge in [0.1, 0.15) is 5.60 Å². The smallest absolute Gasteiger partial charge is 0.252 e. The van der Waals surface area contributed by atoms with E-state index in [1.165, 1.54) is 0 Å². The first kappa shape index (κ1) is 11.9. The van der Waals surface area contributed by atoms with Crippen molar-refractivity contribution < 1.29 is 15.0 Å². The average Bonchev–Trinajstić information content (AvgIpc) is 2.70. The van der Waals surface area contributed by atoms with E-state index in [1.807, 2.05) is 0 Å². The van der Waals surface area contributed by atoms with Crippen molar-refractivity contribution in [2.75, 3.05) is 0 Å². The number of amides is 1. The fourth-order valence-electron chi connectivity index (χ4n) is 2.77. The molecule has 0 saturated heterocycles. The van der Waals surface area contributed by atoms with Crippen LogP contribution in [0.3, 0.4) is 0 Å². The first-order valence-electron chi connectivity index (χ1n) is 6.33. The molecular weight excluding hydrogens is 206 g/mol. The summed E-state index contributed by atoms with van der Waals surface area (Å²) in [7, 11) is 0. The lowest BCUT2D eigenvalue weighted by atomic mass is 9.91. The van der Waals surface area contributed by atoms with Gasteiger partial charge in [0.25, 0.3) is 5.91 Å². The average molecular weight is 227 g/mol. The maximum Gasteiger partial charge on any atom is 0.252 e. The Hall–Kier alpha value is -0.610. The standard InChI is InChI=1S/C12H21NO3/c14-10-6-2-1-5-9(10)13-11(15)12(16)7-3-4-8-12/h9-10,14,16H,1-8H2,(H,13,15)/t9-,10+/m0/s1. The number of aliphatic hydroxyl groups is 2. The summed E-state index contributed by atoms with van der Waals surface area (Å²) < 4.78 is 0. The van der Waals surface area contributed by atoms with E-state index < -0.39 is 11.7 Å². The molecule has 0 aromatic heterocycles. The molecule has 0 heterocycles. The van der Waals surface area contributed by atoms with Crippen molar-refractivity contribution in [1.29, 1.82) is 0 Å². The third-order valence-corrected chi connectivity index (χ3v) is 3.90. The lowest BCUT2D eigenvalue weighted by molar-refractivity contribution is -0.141. The maximum atomic E-state index is 11.9. The Bertz CT molecular complexity index is 261. The number of carbonyl (C=O) groups excluding carboxylic acids is 1. The van der Waals surface area contributed by atoms with Crippen molar-refractivity contribution in [3.63, 3.8) is 0 Å². The molecule has 4 heteroatoms. The summed E-state index contributed by atoms with van der Waals surface area (Å²) in [5.41, 5.74) is -1.17. The van der Waals surface area contributed by atoms with Crippen molar-refractivity contribution in [3.05, 3.63) is 0 Å². The number of rotatable bonds is 2. The van der Waals surface area contributed by atoms with Crippen LogP contribution in [0.1, 0.15) is 51.4 Å². The van der Waals surface area contributed by atoms with E-state index in [-0.39, 0.29) is 11.9 Å². The molecule has 0 aromatic rings. The van der Waals surface area contributed by atoms with Crippen molar-refractivity contribution in [2.24, 2.45) is 0 Å². The highest BCUT2D eigenvalue weighted by Crippen LogP contribution is 2.30. The SMILES string of the molecule is O=C(N[C@H]1CCCC[C@H]1O)C1(O)CCCC1. The van der Waals surface area contributed by atoms with Gasteiger partial charge in [0, 0.05) is 0 Å². The van der Waals surface area contributed by atoms with Crippen LogP contribution in [0.4, 0.5) is 0 Å². The van der Waals surface area contributed by atoms with E-state index in [1.54, 1.807) is 0 Å². The van der Waals surface area contributed by atoms with Gasteiger partial charge in [-0.05, 0) is 38.5 Å². The van der Waals surface area contributed by atoms with Crippen molar-refractivity contribution in [2.45, 2.75) is 69.1 Å². The molecule has 2 fully saturated rings. The molecule has 2 aliphatic rings. The quantitative estimate of drug-likeness (QED) is 0.650. The summed E-state index contributed by atoms with van der Waals surface area (Å²) in [6.07, 6.45) is 6.14. The number of hydrogen-bond donors (Lipinski definition) is 3. The van der Waals surface area contributed by atoms with E-state index in [4.69, 9.17) is 0 Å². The molecule has 2 aliphatic carbocycles. The normalized spacial score (nSPS) is 33.6. The Labute approximate surface area is 96.0 Å². The Balaban J connectivity index is 1.90. The first-order valence-corrected chi connectivity index (χ1v) is 6.33. The zero-order valence-corrected chi connectivity index (χ0v) is 9.61. The fraction of sp³-hybridized carbons (Fsp3) is 0.917. The highest BCUT2D eigenvalue weighted by atomic mass is 16.3. The highest BCUT2D eigenvalue weighted by molar-refractivity contribution is 5.85. The van der Waals surface area contributed by atoms with Crippen LogP contribution in [0.5, 0.6) is 0 Å². The molecule has 16 heavy (non-hydrogen) atoms. The second kappa shape index (κ2) is 4.72. The first-order chi connectivity index (χ1) is 7.62. The summed E-state index contributed by atoms with van der Waals surface area (Å²) in [5, 5.41) is 22.6. The van der Waals surface area contributed by atoms with Crippen LogP contribution >= 0.6 is 0 Å². The molecule has 0 aliphatic heterocycles. The number of hydrogen-bond acceptors (Lipinski definition) is 3. The molecule has 3 N–H and O–H groups in total. The number of carbonyl (C=O) groups is 1. The molecule has 4 nitrogen and oxygen atoms in total. The van der Waals surface area contributed by atoms with E-state index >= 15 is 0 Å². The van der Waals surface area contributed by atoms with Crippen molar-refractivity contribution in [3.8, 4) is 0 Å². The Morgan fingerprint density at radius 2 is 1.75 bits per heavy atom. The Morgan fingerprint density at radius 1 is 1.12 bits per heavy atom. The number of aliphatic hydroxyl groups excluding tert-OH is 1. The summed E-state index contributed by atoms with van der Waals surface area (Å²) >= 11 is 0. The summed E-state index contributed by atoms with van der Waals surface area (Å²) in [5.74, 6) is -0.282. The van der Waals surface area contributed by atoms with Crippen LogP contribution in [-0.2, 0) is 4.79 Å². The third-order valence-electron chi connectivity index (χ3n) is 3.90. The molecule has 2 rings (SSSR count). The van der Waals surface area contributed by atoms with Gasteiger partial charge in [-0.15, -0.1) is 0 Å². The fourth-order valence-corrected chi connectivity index (χ4v) is 2.77. The van der Waals surface area contributed by atoms with Gasteiger partial charge in [-0.1, -0.05) is 12.8 Å². The van der Waals surface area contributed by atoms with Crippen LogP contribution in [0.15, 0.2) is 0 Å². The lowest BCUT2D eigenvalue weighted by Crippen LogP contribution is -2.53. The molecule has 1 amide bonds. The van der Waals surface area contributed by atoms with Gasteiger partial charge in [0.05, 0.1) is 12.1 Å². The summed E-state index contributed by atoms with van der Waals surface area (Å²) in [6.45, 7) is 0. The van der Waals surface area contributed by atoms with Gasteiger partial charge in [0.2, 0.25) is 0 Å². The summed E-state index contributed by atoms with van der Waals surface area (Å²) in [4.78, 5) is 11.9. The minimum atomic E-state index is -1.17. The zero-order valence-electron chi connectivity index (χ0n) is 9.61. The van der Waals surface area contributed by atoms with Crippen molar-refractivity contribution in [1.82, 2.24) is 5.32 Å². The van der Waals surface area contributed by atoms with Gasteiger partial charge in [-0.25, -0.2) is 0 Å². The van der Waals surface area contributed by atoms with Gasteiger partial charge < -0.3 is 15.5 Å². The summed E-state index contributed by atoms with van der Waals surface area (Å²) in [6, 6.07) is -0.161. The number of nitrogens with one attached hydrogen (secondary N) is 1. The lowest BCUT2D eigenvalue weighted by Gasteiger charge is -2.31. The second-order valence-electron chi connectivity index (χ2n) is 5.17. The Morgan fingerprint density at radius 3 is 2.38 bits per heavy atom. The molecule has 2 atom stereocenters. The van der Waals surface area contributed by atoms with Crippen LogP contribution in [0.2, 0.25) is 0 Å². The largest absolute Gasteiger partial charge is 0.391 e. The van der Waals surface area contributed by atoms with Gasteiger partial charge in [-0.3, -0.25) is 4.79 Å².